The van der Waals surface area contributed by atoms with E-state index in [0.717, 1.165) is 50.0 Å². The van der Waals surface area contributed by atoms with Crippen molar-refractivity contribution in [2.75, 3.05) is 25.0 Å². The first kappa shape index (κ1) is 21.9. The average Bonchev–Trinajstić information content (AvgIpc) is 3.53. The van der Waals surface area contributed by atoms with E-state index in [9.17, 15) is 9.59 Å². The van der Waals surface area contributed by atoms with Crippen molar-refractivity contribution in [2.45, 2.75) is 38.8 Å². The van der Waals surface area contributed by atoms with Crippen LogP contribution < -0.4 is 5.32 Å². The molecule has 0 aliphatic carbocycles. The van der Waals surface area contributed by atoms with Crippen LogP contribution in [-0.2, 0) is 17.8 Å². The van der Waals surface area contributed by atoms with Crippen molar-refractivity contribution < 1.29 is 9.59 Å². The number of hydrogen-bond acceptors (Lipinski definition) is 4. The number of hydrogen-bond donors (Lipinski definition) is 1. The van der Waals surface area contributed by atoms with E-state index in [4.69, 9.17) is 0 Å². The van der Waals surface area contributed by atoms with Crippen molar-refractivity contribution in [1.29, 1.82) is 0 Å². The van der Waals surface area contributed by atoms with Crippen LogP contribution in [0.15, 0.2) is 60.0 Å². The highest BCUT2D eigenvalue weighted by Crippen LogP contribution is 2.29. The molecule has 0 saturated carbocycles. The predicted octanol–water partition coefficient (Wildman–Crippen LogP) is 5.03. The Kier molecular flexibility index (Phi) is 6.29. The molecule has 2 aromatic carbocycles. The van der Waals surface area contributed by atoms with Gasteiger partial charge in [-0.15, -0.1) is 11.3 Å². The highest BCUT2D eigenvalue weighted by Gasteiger charge is 2.30. The van der Waals surface area contributed by atoms with Crippen LogP contribution in [0.25, 0.3) is 0 Å². The molecule has 3 aromatic rings. The van der Waals surface area contributed by atoms with Crippen LogP contribution in [0.5, 0.6) is 0 Å². The Hall–Kier alpha value is -2.96. The molecule has 1 aromatic heterocycles. The molecule has 2 aliphatic heterocycles. The van der Waals surface area contributed by atoms with E-state index in [2.05, 4.69) is 21.7 Å². The lowest BCUT2D eigenvalue weighted by Crippen LogP contribution is -2.36. The first-order chi connectivity index (χ1) is 16.1. The van der Waals surface area contributed by atoms with Crippen molar-refractivity contribution in [1.82, 2.24) is 9.80 Å². The van der Waals surface area contributed by atoms with Crippen LogP contribution in [-0.4, -0.2) is 41.2 Å². The SMILES string of the molecule is Cc1c(NC(=O)C(c2ccccc2)N2CCCC2)cccc1C(=O)N1CCc2sccc2C1. The van der Waals surface area contributed by atoms with Gasteiger partial charge in [-0.05, 0) is 79.5 Å². The molecule has 5 nitrogen and oxygen atoms in total. The van der Waals surface area contributed by atoms with Gasteiger partial charge < -0.3 is 10.2 Å². The number of nitrogens with one attached hydrogen (secondary N) is 1. The molecule has 1 fully saturated rings. The normalized spacial score (nSPS) is 16.9. The molecule has 6 heteroatoms. The summed E-state index contributed by atoms with van der Waals surface area (Å²) >= 11 is 1.77. The van der Waals surface area contributed by atoms with E-state index in [1.54, 1.807) is 11.3 Å². The van der Waals surface area contributed by atoms with Gasteiger partial charge in [0.05, 0.1) is 0 Å². The van der Waals surface area contributed by atoms with Crippen molar-refractivity contribution >= 4 is 28.8 Å². The van der Waals surface area contributed by atoms with E-state index in [1.165, 1.54) is 10.4 Å². The summed E-state index contributed by atoms with van der Waals surface area (Å²) in [5.41, 5.74) is 4.43. The minimum absolute atomic E-state index is 0.0274. The number of anilines is 1. The number of benzene rings is 2. The molecule has 5 rings (SSSR count). The number of carbonyl (C=O) groups excluding carboxylic acids is 2. The van der Waals surface area contributed by atoms with Crippen molar-refractivity contribution in [2.24, 2.45) is 0 Å². The Morgan fingerprint density at radius 2 is 1.76 bits per heavy atom. The lowest BCUT2D eigenvalue weighted by Gasteiger charge is -2.29. The Balaban J connectivity index is 1.37. The van der Waals surface area contributed by atoms with Gasteiger partial charge in [0, 0.05) is 29.2 Å². The summed E-state index contributed by atoms with van der Waals surface area (Å²) < 4.78 is 0. The zero-order valence-corrected chi connectivity index (χ0v) is 19.7. The summed E-state index contributed by atoms with van der Waals surface area (Å²) in [5.74, 6) is -0.0173. The van der Waals surface area contributed by atoms with E-state index in [1.807, 2.05) is 60.4 Å². The summed E-state index contributed by atoms with van der Waals surface area (Å²) in [5, 5.41) is 5.25. The molecular formula is C27H29N3O2S. The van der Waals surface area contributed by atoms with E-state index in [-0.39, 0.29) is 17.9 Å². The third-order valence-electron chi connectivity index (χ3n) is 6.79. The van der Waals surface area contributed by atoms with Gasteiger partial charge in [0.15, 0.2) is 0 Å². The summed E-state index contributed by atoms with van der Waals surface area (Å²) in [6.45, 7) is 5.15. The fourth-order valence-electron chi connectivity index (χ4n) is 4.96. The van der Waals surface area contributed by atoms with Gasteiger partial charge in [0.25, 0.3) is 5.91 Å². The summed E-state index contributed by atoms with van der Waals surface area (Å²) in [6, 6.07) is 17.4. The lowest BCUT2D eigenvalue weighted by molar-refractivity contribution is -0.121. The van der Waals surface area contributed by atoms with Gasteiger partial charge in [0.1, 0.15) is 6.04 Å². The molecule has 0 bridgehead atoms. The quantitative estimate of drug-likeness (QED) is 0.582. The van der Waals surface area contributed by atoms with Gasteiger partial charge in [-0.3, -0.25) is 14.5 Å². The molecule has 170 valence electrons. The number of thiophene rings is 1. The maximum Gasteiger partial charge on any atom is 0.254 e. The Bertz CT molecular complexity index is 1150. The maximum absolute atomic E-state index is 13.5. The third kappa shape index (κ3) is 4.45. The lowest BCUT2D eigenvalue weighted by atomic mass is 10.0. The van der Waals surface area contributed by atoms with Gasteiger partial charge in [-0.2, -0.15) is 0 Å². The minimum Gasteiger partial charge on any atom is -0.334 e. The van der Waals surface area contributed by atoms with Gasteiger partial charge in [0.2, 0.25) is 5.91 Å². The second kappa shape index (κ2) is 9.49. The number of amides is 2. The molecule has 3 heterocycles. The van der Waals surface area contributed by atoms with Crippen LogP contribution in [0.1, 0.15) is 50.8 Å². The monoisotopic (exact) mass is 459 g/mol. The highest BCUT2D eigenvalue weighted by atomic mass is 32.1. The third-order valence-corrected chi connectivity index (χ3v) is 7.81. The summed E-state index contributed by atoms with van der Waals surface area (Å²) in [6.07, 6.45) is 3.13. The number of likely N-dealkylation sites (tertiary alicyclic amines) is 1. The molecule has 1 saturated heterocycles. The number of nitrogens with zero attached hydrogens (tertiary/aromatic N) is 2. The average molecular weight is 460 g/mol. The fraction of sp³-hybridized carbons (Fsp3) is 0.333. The molecule has 1 unspecified atom stereocenters. The van der Waals surface area contributed by atoms with Crippen LogP contribution in [0, 0.1) is 6.92 Å². The van der Waals surface area contributed by atoms with E-state index >= 15 is 0 Å². The van der Waals surface area contributed by atoms with Crippen LogP contribution in [0.2, 0.25) is 0 Å². The second-order valence-corrected chi connectivity index (χ2v) is 9.87. The molecule has 0 spiro atoms. The summed E-state index contributed by atoms with van der Waals surface area (Å²) in [7, 11) is 0. The predicted molar refractivity (Wildman–Crippen MR) is 133 cm³/mol. The molecule has 2 aliphatic rings. The van der Waals surface area contributed by atoms with E-state index < -0.39 is 0 Å². The standard InChI is InChI=1S/C27H29N3O2S/c1-19-22(27(32)30-16-12-24-21(18-30)13-17-33-24)10-7-11-23(19)28-26(31)25(29-14-5-6-15-29)20-8-3-2-4-9-20/h2-4,7-11,13,17,25H,5-6,12,14-16,18H2,1H3,(H,28,31). The van der Waals surface area contributed by atoms with Crippen molar-refractivity contribution in [3.63, 3.8) is 0 Å². The number of carbonyl (C=O) groups is 2. The zero-order chi connectivity index (χ0) is 22.8. The molecule has 1 atom stereocenters. The minimum atomic E-state index is -0.327. The van der Waals surface area contributed by atoms with E-state index in [0.29, 0.717) is 17.8 Å². The van der Waals surface area contributed by atoms with Gasteiger partial charge in [-0.25, -0.2) is 0 Å². The smallest absolute Gasteiger partial charge is 0.254 e. The fourth-order valence-corrected chi connectivity index (χ4v) is 5.85. The molecule has 33 heavy (non-hydrogen) atoms. The second-order valence-electron chi connectivity index (χ2n) is 8.87. The van der Waals surface area contributed by atoms with Gasteiger partial charge >= 0.3 is 0 Å². The maximum atomic E-state index is 13.5. The van der Waals surface area contributed by atoms with Crippen LogP contribution in [0.4, 0.5) is 5.69 Å². The van der Waals surface area contributed by atoms with Crippen molar-refractivity contribution in [3.8, 4) is 0 Å². The topological polar surface area (TPSA) is 52.7 Å². The Morgan fingerprint density at radius 1 is 0.970 bits per heavy atom. The van der Waals surface area contributed by atoms with Gasteiger partial charge in [-0.1, -0.05) is 36.4 Å². The summed E-state index contributed by atoms with van der Waals surface area (Å²) in [4.78, 5) is 32.4. The largest absolute Gasteiger partial charge is 0.334 e. The number of fused-ring (bicyclic) bond motifs is 1. The Labute approximate surface area is 199 Å². The first-order valence-corrected chi connectivity index (χ1v) is 12.5. The highest BCUT2D eigenvalue weighted by molar-refractivity contribution is 7.10. The number of rotatable bonds is 5. The molecule has 0 radical (unpaired) electrons. The molecule has 1 N–H and O–H groups in total. The molecular weight excluding hydrogens is 430 g/mol. The first-order valence-electron chi connectivity index (χ1n) is 11.7. The zero-order valence-electron chi connectivity index (χ0n) is 18.9. The van der Waals surface area contributed by atoms with Crippen molar-refractivity contribution in [3.05, 3.63) is 87.1 Å². The van der Waals surface area contributed by atoms with Crippen LogP contribution >= 0.6 is 11.3 Å². The van der Waals surface area contributed by atoms with Crippen LogP contribution in [0.3, 0.4) is 0 Å². The molecule has 2 amide bonds. The Morgan fingerprint density at radius 3 is 2.55 bits per heavy atom.